The molecule has 0 aliphatic carbocycles. The summed E-state index contributed by atoms with van der Waals surface area (Å²) in [6.07, 6.45) is 0.391. The molecule has 1 fully saturated rings. The van der Waals surface area contributed by atoms with Crippen molar-refractivity contribution in [1.29, 1.82) is 0 Å². The standard InChI is InChI=1S/C11H18O4/c1-6-11(2,3)9-7(13-4)8(14-5)10(12)15-9/h6-9H,1H2,2-5H3/t7-,8-,9+/m0/s1. The van der Waals surface area contributed by atoms with Crippen LogP contribution in [-0.2, 0) is 19.0 Å². The van der Waals surface area contributed by atoms with Gasteiger partial charge in [-0.2, -0.15) is 0 Å². The second kappa shape index (κ2) is 4.33. The predicted octanol–water partition coefficient (Wildman–Crippen LogP) is 1.15. The minimum absolute atomic E-state index is 0.330. The van der Waals surface area contributed by atoms with Crippen LogP contribution in [0.25, 0.3) is 0 Å². The van der Waals surface area contributed by atoms with E-state index in [0.717, 1.165) is 0 Å². The van der Waals surface area contributed by atoms with E-state index in [1.54, 1.807) is 13.2 Å². The lowest BCUT2D eigenvalue weighted by Gasteiger charge is -2.30. The molecule has 86 valence electrons. The lowest BCUT2D eigenvalue weighted by atomic mass is 9.83. The zero-order valence-corrected chi connectivity index (χ0v) is 9.65. The number of ether oxygens (including phenoxy) is 3. The molecule has 1 saturated heterocycles. The monoisotopic (exact) mass is 214 g/mol. The van der Waals surface area contributed by atoms with Gasteiger partial charge in [0.25, 0.3) is 0 Å². The normalized spacial score (nSPS) is 31.5. The zero-order valence-electron chi connectivity index (χ0n) is 9.65. The summed E-state index contributed by atoms with van der Waals surface area (Å²) in [5, 5.41) is 0. The van der Waals surface area contributed by atoms with Gasteiger partial charge in [-0.3, -0.25) is 0 Å². The van der Waals surface area contributed by atoms with Crippen LogP contribution in [0.15, 0.2) is 12.7 Å². The largest absolute Gasteiger partial charge is 0.457 e. The minimum Gasteiger partial charge on any atom is -0.457 e. The van der Waals surface area contributed by atoms with E-state index < -0.39 is 6.10 Å². The first-order chi connectivity index (χ1) is 6.97. The molecule has 4 nitrogen and oxygen atoms in total. The summed E-state index contributed by atoms with van der Waals surface area (Å²) in [5.74, 6) is -0.371. The molecule has 0 aromatic heterocycles. The first-order valence-corrected chi connectivity index (χ1v) is 4.87. The van der Waals surface area contributed by atoms with Crippen molar-refractivity contribution in [2.75, 3.05) is 14.2 Å². The van der Waals surface area contributed by atoms with E-state index in [0.29, 0.717) is 0 Å². The maximum atomic E-state index is 11.5. The van der Waals surface area contributed by atoms with Gasteiger partial charge in [0.15, 0.2) is 6.10 Å². The third-order valence-corrected chi connectivity index (χ3v) is 2.86. The molecule has 3 atom stereocenters. The Morgan fingerprint density at radius 1 is 1.40 bits per heavy atom. The summed E-state index contributed by atoms with van der Waals surface area (Å²) in [6, 6.07) is 0. The van der Waals surface area contributed by atoms with Crippen LogP contribution in [0.5, 0.6) is 0 Å². The highest BCUT2D eigenvalue weighted by molar-refractivity contribution is 5.78. The third kappa shape index (κ3) is 2.06. The van der Waals surface area contributed by atoms with E-state index in [4.69, 9.17) is 14.2 Å². The van der Waals surface area contributed by atoms with Crippen molar-refractivity contribution in [3.8, 4) is 0 Å². The van der Waals surface area contributed by atoms with Gasteiger partial charge in [0.1, 0.15) is 12.2 Å². The van der Waals surface area contributed by atoms with Gasteiger partial charge in [-0.25, -0.2) is 4.79 Å². The Labute approximate surface area is 90.2 Å². The van der Waals surface area contributed by atoms with Crippen LogP contribution in [0.4, 0.5) is 0 Å². The molecule has 0 saturated carbocycles. The Hall–Kier alpha value is -0.870. The van der Waals surface area contributed by atoms with Crippen molar-refractivity contribution in [3.05, 3.63) is 12.7 Å². The Morgan fingerprint density at radius 2 is 2.00 bits per heavy atom. The van der Waals surface area contributed by atoms with Crippen LogP contribution in [0.3, 0.4) is 0 Å². The Kier molecular flexibility index (Phi) is 3.52. The van der Waals surface area contributed by atoms with Crippen LogP contribution in [-0.4, -0.2) is 38.5 Å². The number of esters is 1. The average molecular weight is 214 g/mol. The van der Waals surface area contributed by atoms with Crippen molar-refractivity contribution >= 4 is 5.97 Å². The highest BCUT2D eigenvalue weighted by Gasteiger charge is 2.50. The maximum Gasteiger partial charge on any atom is 0.338 e. The second-order valence-electron chi connectivity index (χ2n) is 4.24. The number of carbonyl (C=O) groups is 1. The molecule has 0 amide bonds. The summed E-state index contributed by atoms with van der Waals surface area (Å²) >= 11 is 0. The van der Waals surface area contributed by atoms with E-state index in [2.05, 4.69) is 6.58 Å². The number of cyclic esters (lactones) is 1. The highest BCUT2D eigenvalue weighted by Crippen LogP contribution is 2.35. The van der Waals surface area contributed by atoms with Crippen molar-refractivity contribution in [2.24, 2.45) is 5.41 Å². The van der Waals surface area contributed by atoms with Gasteiger partial charge in [0.2, 0.25) is 0 Å². The van der Waals surface area contributed by atoms with E-state index >= 15 is 0 Å². The van der Waals surface area contributed by atoms with Crippen LogP contribution < -0.4 is 0 Å². The molecule has 1 aliphatic heterocycles. The smallest absolute Gasteiger partial charge is 0.338 e. The zero-order chi connectivity index (χ0) is 11.6. The SMILES string of the molecule is C=CC(C)(C)[C@@H]1OC(=O)[C@@H](OC)[C@@H]1OC. The molecule has 1 rings (SSSR count). The fraction of sp³-hybridized carbons (Fsp3) is 0.727. The molecule has 0 radical (unpaired) electrons. The quantitative estimate of drug-likeness (QED) is 0.520. The molecule has 15 heavy (non-hydrogen) atoms. The number of rotatable bonds is 4. The first kappa shape index (κ1) is 12.2. The van der Waals surface area contributed by atoms with Gasteiger partial charge >= 0.3 is 5.97 Å². The number of methoxy groups -OCH3 is 2. The first-order valence-electron chi connectivity index (χ1n) is 4.87. The molecule has 1 aliphatic rings. The van der Waals surface area contributed by atoms with Crippen molar-refractivity contribution in [2.45, 2.75) is 32.2 Å². The summed E-state index contributed by atoms with van der Waals surface area (Å²) in [7, 11) is 3.02. The molecule has 1 heterocycles. The number of carbonyl (C=O) groups excluding carboxylic acids is 1. The number of hydrogen-bond acceptors (Lipinski definition) is 4. The number of hydrogen-bond donors (Lipinski definition) is 0. The van der Waals surface area contributed by atoms with E-state index in [1.807, 2.05) is 13.8 Å². The van der Waals surface area contributed by atoms with Gasteiger partial charge in [-0.05, 0) is 0 Å². The third-order valence-electron chi connectivity index (χ3n) is 2.86. The summed E-state index contributed by atoms with van der Waals surface area (Å²) in [4.78, 5) is 11.5. The molecule has 0 N–H and O–H groups in total. The molecule has 0 bridgehead atoms. The van der Waals surface area contributed by atoms with E-state index in [-0.39, 0.29) is 23.6 Å². The van der Waals surface area contributed by atoms with E-state index in [1.165, 1.54) is 7.11 Å². The second-order valence-corrected chi connectivity index (χ2v) is 4.24. The molecular weight excluding hydrogens is 196 g/mol. The molecular formula is C11H18O4. The van der Waals surface area contributed by atoms with Gasteiger partial charge < -0.3 is 14.2 Å². The van der Waals surface area contributed by atoms with Crippen LogP contribution in [0.1, 0.15) is 13.8 Å². The Bertz CT molecular complexity index is 259. The Balaban J connectivity index is 2.92. The molecule has 0 unspecified atom stereocenters. The molecule has 0 aromatic carbocycles. The average Bonchev–Trinajstić information content (AvgIpc) is 2.55. The summed E-state index contributed by atoms with van der Waals surface area (Å²) in [6.45, 7) is 7.63. The van der Waals surface area contributed by atoms with Gasteiger partial charge in [-0.15, -0.1) is 6.58 Å². The van der Waals surface area contributed by atoms with Crippen molar-refractivity contribution in [3.63, 3.8) is 0 Å². The molecule has 4 heteroatoms. The highest BCUT2D eigenvalue weighted by atomic mass is 16.6. The van der Waals surface area contributed by atoms with Crippen molar-refractivity contribution < 1.29 is 19.0 Å². The Morgan fingerprint density at radius 3 is 2.40 bits per heavy atom. The molecule has 0 aromatic rings. The van der Waals surface area contributed by atoms with Crippen LogP contribution >= 0.6 is 0 Å². The fourth-order valence-electron chi connectivity index (χ4n) is 1.72. The van der Waals surface area contributed by atoms with Gasteiger partial charge in [0.05, 0.1) is 0 Å². The van der Waals surface area contributed by atoms with Crippen molar-refractivity contribution in [1.82, 2.24) is 0 Å². The lowest BCUT2D eigenvalue weighted by Crippen LogP contribution is -2.41. The van der Waals surface area contributed by atoms with E-state index in [9.17, 15) is 4.79 Å². The van der Waals surface area contributed by atoms with Crippen LogP contribution in [0, 0.1) is 5.41 Å². The van der Waals surface area contributed by atoms with Gasteiger partial charge in [-0.1, -0.05) is 19.9 Å². The van der Waals surface area contributed by atoms with Crippen LogP contribution in [0.2, 0.25) is 0 Å². The summed E-state index contributed by atoms with van der Waals surface area (Å²) in [5.41, 5.74) is -0.330. The fourth-order valence-corrected chi connectivity index (χ4v) is 1.72. The topological polar surface area (TPSA) is 44.8 Å². The predicted molar refractivity (Wildman–Crippen MR) is 55.5 cm³/mol. The minimum atomic E-state index is -0.640. The summed E-state index contributed by atoms with van der Waals surface area (Å²) < 4.78 is 15.6. The lowest BCUT2D eigenvalue weighted by molar-refractivity contribution is -0.150. The van der Waals surface area contributed by atoms with Gasteiger partial charge in [0, 0.05) is 19.6 Å². The maximum absolute atomic E-state index is 11.5. The molecule has 0 spiro atoms.